The van der Waals surface area contributed by atoms with Gasteiger partial charge >= 0.3 is 0 Å². The fourth-order valence-corrected chi connectivity index (χ4v) is 2.18. The highest BCUT2D eigenvalue weighted by Gasteiger charge is 2.09. The number of ether oxygens (including phenoxy) is 1. The molecule has 0 atom stereocenters. The lowest BCUT2D eigenvalue weighted by Gasteiger charge is -2.06. The lowest BCUT2D eigenvalue weighted by Crippen LogP contribution is -2.20. The molecule has 6 heteroatoms. The smallest absolute Gasteiger partial charge is 0.272 e. The van der Waals surface area contributed by atoms with E-state index < -0.39 is 5.91 Å². The molecule has 23 heavy (non-hydrogen) atoms. The number of hydrogen-bond acceptors (Lipinski definition) is 3. The van der Waals surface area contributed by atoms with Gasteiger partial charge < -0.3 is 20.8 Å². The zero-order valence-electron chi connectivity index (χ0n) is 12.2. The highest BCUT2D eigenvalue weighted by Crippen LogP contribution is 2.18. The van der Waals surface area contributed by atoms with Gasteiger partial charge in [0.05, 0.1) is 0 Å². The molecule has 0 bridgehead atoms. The number of hydrogen-bond donors (Lipinski definition) is 3. The number of nitrogens with one attached hydrogen (secondary N) is 2. The van der Waals surface area contributed by atoms with E-state index in [2.05, 4.69) is 10.3 Å². The van der Waals surface area contributed by atoms with E-state index in [9.17, 15) is 9.59 Å². The normalized spacial score (nSPS) is 10.4. The van der Waals surface area contributed by atoms with E-state index in [1.807, 2.05) is 24.3 Å². The summed E-state index contributed by atoms with van der Waals surface area (Å²) < 4.78 is 5.16. The van der Waals surface area contributed by atoms with Crippen LogP contribution in [0.3, 0.4) is 0 Å². The molecule has 3 aromatic rings. The summed E-state index contributed by atoms with van der Waals surface area (Å²) in [6, 6.07) is 16.2. The average molecular weight is 309 g/mol. The Morgan fingerprint density at radius 3 is 2.52 bits per heavy atom. The largest absolute Gasteiger partial charge is 0.484 e. The second-order valence-corrected chi connectivity index (χ2v) is 5.00. The fourth-order valence-electron chi connectivity index (χ4n) is 2.18. The van der Waals surface area contributed by atoms with Gasteiger partial charge in [0.1, 0.15) is 11.4 Å². The first kappa shape index (κ1) is 14.6. The maximum Gasteiger partial charge on any atom is 0.272 e. The maximum atomic E-state index is 12.2. The Balaban J connectivity index is 1.68. The fraction of sp³-hybridized carbons (Fsp3) is 0.0588. The number of anilines is 1. The molecule has 0 aliphatic carbocycles. The molecule has 0 radical (unpaired) electrons. The lowest BCUT2D eigenvalue weighted by molar-refractivity contribution is -0.119. The molecule has 2 amide bonds. The number of amides is 2. The van der Waals surface area contributed by atoms with Crippen LogP contribution in [-0.2, 0) is 4.79 Å². The minimum Gasteiger partial charge on any atom is -0.484 e. The van der Waals surface area contributed by atoms with Gasteiger partial charge in [0.15, 0.2) is 6.61 Å². The molecule has 0 aliphatic heterocycles. The number of rotatable bonds is 5. The predicted molar refractivity (Wildman–Crippen MR) is 87.4 cm³/mol. The standard InChI is InChI=1S/C17H15N3O3/c18-16(21)10-23-13-7-5-12(6-8-13)19-17(22)15-9-11-3-1-2-4-14(11)20-15/h1-9,20H,10H2,(H2,18,21)(H,19,22). The third-order valence-corrected chi connectivity index (χ3v) is 3.27. The molecule has 0 saturated carbocycles. The van der Waals surface area contributed by atoms with Crippen LogP contribution < -0.4 is 15.8 Å². The Morgan fingerprint density at radius 2 is 1.83 bits per heavy atom. The Kier molecular flexibility index (Phi) is 3.97. The Hall–Kier alpha value is -3.28. The summed E-state index contributed by atoms with van der Waals surface area (Å²) in [7, 11) is 0. The monoisotopic (exact) mass is 309 g/mol. The summed E-state index contributed by atoms with van der Waals surface area (Å²) in [6.45, 7) is -0.180. The molecule has 0 spiro atoms. The zero-order chi connectivity index (χ0) is 16.2. The van der Waals surface area contributed by atoms with Gasteiger partial charge in [-0.25, -0.2) is 0 Å². The quantitative estimate of drug-likeness (QED) is 0.674. The number of carbonyl (C=O) groups excluding carboxylic acids is 2. The van der Waals surface area contributed by atoms with E-state index in [-0.39, 0.29) is 12.5 Å². The van der Waals surface area contributed by atoms with Gasteiger partial charge in [0.25, 0.3) is 11.8 Å². The predicted octanol–water partition coefficient (Wildman–Crippen LogP) is 2.28. The summed E-state index contributed by atoms with van der Waals surface area (Å²) in [5.74, 6) is -0.263. The molecular weight excluding hydrogens is 294 g/mol. The van der Waals surface area contributed by atoms with Crippen molar-refractivity contribution >= 4 is 28.4 Å². The third-order valence-electron chi connectivity index (χ3n) is 3.27. The van der Waals surface area contributed by atoms with Crippen LogP contribution in [-0.4, -0.2) is 23.4 Å². The van der Waals surface area contributed by atoms with E-state index in [1.165, 1.54) is 0 Å². The van der Waals surface area contributed by atoms with Crippen LogP contribution in [0.4, 0.5) is 5.69 Å². The molecule has 1 heterocycles. The summed E-state index contributed by atoms with van der Waals surface area (Å²) in [5.41, 5.74) is 7.03. The highest BCUT2D eigenvalue weighted by molar-refractivity contribution is 6.05. The van der Waals surface area contributed by atoms with Crippen LogP contribution in [0, 0.1) is 0 Å². The van der Waals surface area contributed by atoms with Crippen molar-refractivity contribution < 1.29 is 14.3 Å². The second-order valence-electron chi connectivity index (χ2n) is 5.00. The molecular formula is C17H15N3O3. The number of carbonyl (C=O) groups is 2. The van der Waals surface area contributed by atoms with Gasteiger partial charge in [0, 0.05) is 16.6 Å². The van der Waals surface area contributed by atoms with Crippen molar-refractivity contribution in [1.29, 1.82) is 0 Å². The molecule has 0 aliphatic rings. The number of nitrogens with two attached hydrogens (primary N) is 1. The van der Waals surface area contributed by atoms with Gasteiger partial charge in [-0.1, -0.05) is 18.2 Å². The van der Waals surface area contributed by atoms with Crippen molar-refractivity contribution in [3.8, 4) is 5.75 Å². The van der Waals surface area contributed by atoms with E-state index in [0.717, 1.165) is 10.9 Å². The number of aromatic nitrogens is 1. The number of primary amides is 1. The van der Waals surface area contributed by atoms with Crippen LogP contribution in [0.15, 0.2) is 54.6 Å². The third kappa shape index (κ3) is 3.49. The minimum atomic E-state index is -0.541. The van der Waals surface area contributed by atoms with Crippen LogP contribution in [0.1, 0.15) is 10.5 Å². The van der Waals surface area contributed by atoms with Crippen molar-refractivity contribution in [2.24, 2.45) is 5.73 Å². The summed E-state index contributed by atoms with van der Waals surface area (Å²) in [4.78, 5) is 26.0. The van der Waals surface area contributed by atoms with Crippen molar-refractivity contribution in [2.75, 3.05) is 11.9 Å². The first-order valence-corrected chi connectivity index (χ1v) is 7.02. The molecule has 4 N–H and O–H groups in total. The summed E-state index contributed by atoms with van der Waals surface area (Å²) >= 11 is 0. The molecule has 3 rings (SSSR count). The molecule has 0 saturated heterocycles. The van der Waals surface area contributed by atoms with Gasteiger partial charge in [0.2, 0.25) is 0 Å². The number of para-hydroxylation sites is 1. The zero-order valence-corrected chi connectivity index (χ0v) is 12.2. The number of benzene rings is 2. The number of fused-ring (bicyclic) bond motifs is 1. The SMILES string of the molecule is NC(=O)COc1ccc(NC(=O)c2cc3ccccc3[nH]2)cc1. The van der Waals surface area contributed by atoms with Gasteiger partial charge in [-0.05, 0) is 36.4 Å². The van der Waals surface area contributed by atoms with Crippen LogP contribution in [0.2, 0.25) is 0 Å². The van der Waals surface area contributed by atoms with Gasteiger partial charge in [-0.2, -0.15) is 0 Å². The van der Waals surface area contributed by atoms with E-state index in [0.29, 0.717) is 17.1 Å². The molecule has 6 nitrogen and oxygen atoms in total. The second kappa shape index (κ2) is 6.23. The minimum absolute atomic E-state index is 0.180. The average Bonchev–Trinajstić information content (AvgIpc) is 2.98. The Labute approximate surface area is 132 Å². The van der Waals surface area contributed by atoms with Crippen LogP contribution in [0.25, 0.3) is 10.9 Å². The molecule has 2 aromatic carbocycles. The molecule has 0 fully saturated rings. The first-order chi connectivity index (χ1) is 11.1. The highest BCUT2D eigenvalue weighted by atomic mass is 16.5. The molecule has 1 aromatic heterocycles. The van der Waals surface area contributed by atoms with Gasteiger partial charge in [-0.15, -0.1) is 0 Å². The summed E-state index contributed by atoms with van der Waals surface area (Å²) in [5, 5.41) is 3.77. The van der Waals surface area contributed by atoms with Crippen molar-refractivity contribution in [2.45, 2.75) is 0 Å². The van der Waals surface area contributed by atoms with E-state index in [4.69, 9.17) is 10.5 Å². The van der Waals surface area contributed by atoms with Gasteiger partial charge in [-0.3, -0.25) is 9.59 Å². The lowest BCUT2D eigenvalue weighted by atomic mass is 10.2. The molecule has 116 valence electrons. The van der Waals surface area contributed by atoms with E-state index >= 15 is 0 Å². The van der Waals surface area contributed by atoms with Crippen LogP contribution in [0.5, 0.6) is 5.75 Å². The number of aromatic amines is 1. The van der Waals surface area contributed by atoms with Crippen molar-refractivity contribution in [1.82, 2.24) is 4.98 Å². The maximum absolute atomic E-state index is 12.2. The topological polar surface area (TPSA) is 97.2 Å². The van der Waals surface area contributed by atoms with Crippen molar-refractivity contribution in [3.05, 3.63) is 60.3 Å². The van der Waals surface area contributed by atoms with Crippen molar-refractivity contribution in [3.63, 3.8) is 0 Å². The van der Waals surface area contributed by atoms with E-state index in [1.54, 1.807) is 30.3 Å². The number of H-pyrrole nitrogens is 1. The first-order valence-electron chi connectivity index (χ1n) is 7.02. The Morgan fingerprint density at radius 1 is 1.09 bits per heavy atom. The van der Waals surface area contributed by atoms with Crippen LogP contribution >= 0.6 is 0 Å². The summed E-state index contributed by atoms with van der Waals surface area (Å²) in [6.07, 6.45) is 0. The Bertz CT molecular complexity index is 820. The molecule has 0 unspecified atom stereocenters.